The van der Waals surface area contributed by atoms with Gasteiger partial charge >= 0.3 is 6.18 Å². The van der Waals surface area contributed by atoms with Crippen LogP contribution < -0.4 is 25.6 Å². The highest BCUT2D eigenvalue weighted by molar-refractivity contribution is 9.10. The Morgan fingerprint density at radius 3 is 2.63 bits per heavy atom. The van der Waals surface area contributed by atoms with Gasteiger partial charge in [-0.05, 0) is 46.3 Å². The Morgan fingerprint density at radius 1 is 1.17 bits per heavy atom. The van der Waals surface area contributed by atoms with Gasteiger partial charge in [-0.1, -0.05) is 6.07 Å². The summed E-state index contributed by atoms with van der Waals surface area (Å²) in [7, 11) is 1.42. The van der Waals surface area contributed by atoms with Gasteiger partial charge in [-0.15, -0.1) is 0 Å². The summed E-state index contributed by atoms with van der Waals surface area (Å²) in [6.07, 6.45) is -3.26. The molecule has 0 spiro atoms. The molecule has 1 aliphatic heterocycles. The molecule has 0 aliphatic carbocycles. The molecular weight excluding hydrogens is 531 g/mol. The lowest BCUT2D eigenvalue weighted by Crippen LogP contribution is -2.44. The maximum Gasteiger partial charge on any atom is 0.418 e. The number of pyridine rings is 1. The molecule has 0 radical (unpaired) electrons. The topological polar surface area (TPSA) is 104 Å². The van der Waals surface area contributed by atoms with Gasteiger partial charge in [0.05, 0.1) is 24.6 Å². The number of alkyl halides is 3. The Kier molecular flexibility index (Phi) is 7.36. The number of nitrogens with zero attached hydrogens (tertiary/aromatic N) is 4. The summed E-state index contributed by atoms with van der Waals surface area (Å²) in [4.78, 5) is 27.2. The molecule has 0 saturated carbocycles. The molecule has 3 aromatic rings. The number of methoxy groups -OCH3 is 1. The first kappa shape index (κ1) is 24.7. The Hall–Kier alpha value is -3.45. The molecule has 3 heterocycles. The van der Waals surface area contributed by atoms with E-state index in [2.05, 4.69) is 46.8 Å². The molecule has 0 unspecified atom stereocenters. The lowest BCUT2D eigenvalue weighted by Gasteiger charge is -2.27. The van der Waals surface area contributed by atoms with E-state index in [0.29, 0.717) is 23.6 Å². The summed E-state index contributed by atoms with van der Waals surface area (Å²) in [6.45, 7) is 2.95. The van der Waals surface area contributed by atoms with Crippen molar-refractivity contribution in [3.05, 3.63) is 58.5 Å². The molecule has 0 atom stereocenters. The molecule has 2 aromatic heterocycles. The van der Waals surface area contributed by atoms with Crippen molar-refractivity contribution in [2.75, 3.05) is 48.8 Å². The predicted molar refractivity (Wildman–Crippen MR) is 128 cm³/mol. The molecule has 1 aromatic carbocycles. The fourth-order valence-corrected chi connectivity index (χ4v) is 3.78. The fraction of sp³-hybridized carbons (Fsp3) is 0.273. The van der Waals surface area contributed by atoms with E-state index in [-0.39, 0.29) is 22.9 Å². The predicted octanol–water partition coefficient (Wildman–Crippen LogP) is 4.07. The van der Waals surface area contributed by atoms with Crippen LogP contribution in [-0.4, -0.2) is 54.1 Å². The number of hydrogen-bond donors (Lipinski definition) is 3. The molecule has 0 bridgehead atoms. The number of amides is 1. The molecule has 13 heteroatoms. The van der Waals surface area contributed by atoms with Gasteiger partial charge in [0, 0.05) is 31.9 Å². The van der Waals surface area contributed by atoms with E-state index < -0.39 is 23.3 Å². The van der Waals surface area contributed by atoms with E-state index >= 15 is 0 Å². The largest absolute Gasteiger partial charge is 0.491 e. The normalized spacial score (nSPS) is 13.9. The Balaban J connectivity index is 1.62. The smallest absolute Gasteiger partial charge is 0.418 e. The highest BCUT2D eigenvalue weighted by atomic mass is 79.9. The summed E-state index contributed by atoms with van der Waals surface area (Å²) in [5.41, 5.74) is -1.34. The molecule has 9 nitrogen and oxygen atoms in total. The van der Waals surface area contributed by atoms with Crippen LogP contribution in [0.4, 0.5) is 36.3 Å². The third-order valence-corrected chi connectivity index (χ3v) is 5.59. The number of rotatable bonds is 6. The van der Waals surface area contributed by atoms with Crippen LogP contribution in [0.15, 0.2) is 47.2 Å². The molecule has 1 aliphatic rings. The monoisotopic (exact) mass is 551 g/mol. The zero-order valence-corrected chi connectivity index (χ0v) is 20.1. The zero-order chi connectivity index (χ0) is 25.0. The quantitative estimate of drug-likeness (QED) is 0.394. The molecule has 35 heavy (non-hydrogen) atoms. The van der Waals surface area contributed by atoms with Crippen molar-refractivity contribution in [2.45, 2.75) is 6.18 Å². The minimum Gasteiger partial charge on any atom is -0.491 e. The van der Waals surface area contributed by atoms with Crippen LogP contribution in [0.5, 0.6) is 5.75 Å². The van der Waals surface area contributed by atoms with Gasteiger partial charge in [-0.3, -0.25) is 4.79 Å². The number of anilines is 4. The standard InChI is InChI=1S/C22H21BrF3N7O2/c1-35-17-12-28-21(33-9-7-27-8-10-33)32-19(17)29-13-5-6-15(14(11-13)22(24,25)26)31-20(34)16-3-2-4-18(23)30-16/h2-6,11-12,27H,7-10H2,1H3,(H,31,34)(H,28,29,32). The number of ether oxygens (including phenoxy) is 1. The number of aromatic nitrogens is 3. The SMILES string of the molecule is COc1cnc(N2CCNCC2)nc1Nc1ccc(NC(=O)c2cccc(Br)n2)c(C(F)(F)F)c1. The van der Waals surface area contributed by atoms with Crippen molar-refractivity contribution in [2.24, 2.45) is 0 Å². The number of carbonyl (C=O) groups excluding carboxylic acids is 1. The summed E-state index contributed by atoms with van der Waals surface area (Å²) in [6, 6.07) is 8.05. The van der Waals surface area contributed by atoms with Gasteiger partial charge < -0.3 is 25.6 Å². The summed E-state index contributed by atoms with van der Waals surface area (Å²) >= 11 is 3.14. The summed E-state index contributed by atoms with van der Waals surface area (Å²) in [5.74, 6) is 0.168. The third-order valence-electron chi connectivity index (χ3n) is 5.15. The van der Waals surface area contributed by atoms with E-state index in [1.165, 1.54) is 31.5 Å². The van der Waals surface area contributed by atoms with Crippen molar-refractivity contribution < 1.29 is 22.7 Å². The molecular formula is C22H21BrF3N7O2. The van der Waals surface area contributed by atoms with Crippen LogP contribution in [0.1, 0.15) is 16.1 Å². The minimum atomic E-state index is -4.73. The Bertz CT molecular complexity index is 1220. The minimum absolute atomic E-state index is 0.0270. The number of hydrogen-bond acceptors (Lipinski definition) is 8. The first-order valence-corrected chi connectivity index (χ1v) is 11.3. The van der Waals surface area contributed by atoms with E-state index in [1.807, 2.05) is 4.90 Å². The van der Waals surface area contributed by atoms with Gasteiger partial charge in [-0.2, -0.15) is 18.2 Å². The number of piperazine rings is 1. The van der Waals surface area contributed by atoms with Gasteiger partial charge in [0.2, 0.25) is 5.95 Å². The van der Waals surface area contributed by atoms with E-state index in [4.69, 9.17) is 4.74 Å². The Morgan fingerprint density at radius 2 is 1.94 bits per heavy atom. The molecule has 1 fully saturated rings. The zero-order valence-electron chi connectivity index (χ0n) is 18.5. The molecule has 4 rings (SSSR count). The second-order valence-electron chi connectivity index (χ2n) is 7.51. The van der Waals surface area contributed by atoms with Crippen LogP contribution in [0.2, 0.25) is 0 Å². The lowest BCUT2D eigenvalue weighted by atomic mass is 10.1. The summed E-state index contributed by atoms with van der Waals surface area (Å²) in [5, 5.41) is 8.41. The van der Waals surface area contributed by atoms with Crippen molar-refractivity contribution in [3.8, 4) is 5.75 Å². The van der Waals surface area contributed by atoms with Gasteiger partial charge in [-0.25, -0.2) is 9.97 Å². The Labute approximate surface area is 207 Å². The van der Waals surface area contributed by atoms with E-state index in [1.54, 1.807) is 12.1 Å². The first-order chi connectivity index (χ1) is 16.7. The number of halogens is 4. The van der Waals surface area contributed by atoms with Crippen LogP contribution in [-0.2, 0) is 6.18 Å². The molecule has 1 saturated heterocycles. The third kappa shape index (κ3) is 5.98. The first-order valence-electron chi connectivity index (χ1n) is 10.5. The lowest BCUT2D eigenvalue weighted by molar-refractivity contribution is -0.136. The second kappa shape index (κ2) is 10.4. The van der Waals surface area contributed by atoms with Crippen LogP contribution in [0, 0.1) is 0 Å². The van der Waals surface area contributed by atoms with Crippen LogP contribution in [0.25, 0.3) is 0 Å². The van der Waals surface area contributed by atoms with Crippen molar-refractivity contribution in [3.63, 3.8) is 0 Å². The molecule has 3 N–H and O–H groups in total. The average Bonchev–Trinajstić information content (AvgIpc) is 2.85. The van der Waals surface area contributed by atoms with Crippen LogP contribution >= 0.6 is 15.9 Å². The highest BCUT2D eigenvalue weighted by Crippen LogP contribution is 2.38. The molecule has 184 valence electrons. The van der Waals surface area contributed by atoms with Crippen molar-refractivity contribution in [1.29, 1.82) is 0 Å². The maximum absolute atomic E-state index is 13.9. The van der Waals surface area contributed by atoms with E-state index in [0.717, 1.165) is 19.2 Å². The molecule has 1 amide bonds. The highest BCUT2D eigenvalue weighted by Gasteiger charge is 2.34. The number of carbonyl (C=O) groups is 1. The second-order valence-corrected chi connectivity index (χ2v) is 8.32. The van der Waals surface area contributed by atoms with Gasteiger partial charge in [0.1, 0.15) is 10.3 Å². The number of benzene rings is 1. The van der Waals surface area contributed by atoms with E-state index in [9.17, 15) is 18.0 Å². The van der Waals surface area contributed by atoms with Gasteiger partial charge in [0.15, 0.2) is 11.6 Å². The fourth-order valence-electron chi connectivity index (χ4n) is 3.44. The average molecular weight is 552 g/mol. The number of nitrogens with one attached hydrogen (secondary N) is 3. The van der Waals surface area contributed by atoms with Gasteiger partial charge in [0.25, 0.3) is 5.91 Å². The van der Waals surface area contributed by atoms with Crippen LogP contribution in [0.3, 0.4) is 0 Å². The summed E-state index contributed by atoms with van der Waals surface area (Å²) < 4.78 is 47.3. The maximum atomic E-state index is 13.9. The van der Waals surface area contributed by atoms with Crippen molar-refractivity contribution in [1.82, 2.24) is 20.3 Å². The van der Waals surface area contributed by atoms with Crippen molar-refractivity contribution >= 4 is 45.0 Å².